The SMILES string of the molecule is C/C=C\CCC[C@H]1CC[C@H](C2CCC(COC/C=C\C)CC2)CC1. The van der Waals surface area contributed by atoms with Crippen molar-refractivity contribution in [2.45, 2.75) is 84.5 Å². The lowest BCUT2D eigenvalue weighted by molar-refractivity contribution is 0.0779. The third kappa shape index (κ3) is 7.13. The molecular formula is C23H40O. The molecule has 0 aromatic rings. The molecule has 0 aromatic heterocycles. The lowest BCUT2D eigenvalue weighted by Crippen LogP contribution is -2.27. The minimum absolute atomic E-state index is 0.800. The molecule has 2 aliphatic carbocycles. The molecule has 0 radical (unpaired) electrons. The van der Waals surface area contributed by atoms with E-state index in [-0.39, 0.29) is 0 Å². The number of rotatable bonds is 9. The molecule has 0 N–H and O–H groups in total. The van der Waals surface area contributed by atoms with Crippen LogP contribution in [0.25, 0.3) is 0 Å². The summed E-state index contributed by atoms with van der Waals surface area (Å²) in [4.78, 5) is 0. The van der Waals surface area contributed by atoms with Crippen LogP contribution in [0.1, 0.15) is 84.5 Å². The van der Waals surface area contributed by atoms with E-state index in [0.29, 0.717) is 0 Å². The first-order valence-corrected chi connectivity index (χ1v) is 10.6. The van der Waals surface area contributed by atoms with E-state index in [2.05, 4.69) is 38.2 Å². The standard InChI is InChI=1S/C23H40O/c1-3-5-7-8-9-20-10-14-22(15-11-20)23-16-12-21(13-17-23)19-24-18-6-4-2/h3-6,20-23H,7-19H2,1-2H3/b5-3-,6-4-/t20-,21?,22-,23?. The fraction of sp³-hybridized carbons (Fsp3) is 0.826. The second-order valence-electron chi connectivity index (χ2n) is 8.17. The van der Waals surface area contributed by atoms with E-state index in [1.54, 1.807) is 0 Å². The molecular weight excluding hydrogens is 292 g/mol. The Morgan fingerprint density at radius 1 is 0.750 bits per heavy atom. The number of hydrogen-bond donors (Lipinski definition) is 0. The summed E-state index contributed by atoms with van der Waals surface area (Å²) in [5.74, 6) is 3.93. The highest BCUT2D eigenvalue weighted by Crippen LogP contribution is 2.42. The molecule has 1 nitrogen and oxygen atoms in total. The maximum absolute atomic E-state index is 5.77. The van der Waals surface area contributed by atoms with E-state index in [9.17, 15) is 0 Å². The smallest absolute Gasteiger partial charge is 0.0647 e. The molecule has 0 amide bonds. The van der Waals surface area contributed by atoms with Gasteiger partial charge in [0, 0.05) is 6.61 Å². The molecule has 0 spiro atoms. The minimum atomic E-state index is 0.800. The highest BCUT2D eigenvalue weighted by atomic mass is 16.5. The zero-order valence-corrected chi connectivity index (χ0v) is 16.2. The first-order chi connectivity index (χ1) is 11.8. The Labute approximate surface area is 150 Å². The summed E-state index contributed by atoms with van der Waals surface area (Å²) in [5, 5.41) is 0. The molecule has 0 aromatic carbocycles. The van der Waals surface area contributed by atoms with Gasteiger partial charge in [0.05, 0.1) is 6.61 Å². The summed E-state index contributed by atoms with van der Waals surface area (Å²) >= 11 is 0. The van der Waals surface area contributed by atoms with Gasteiger partial charge in [0.1, 0.15) is 0 Å². The number of allylic oxidation sites excluding steroid dienone is 3. The molecule has 2 rings (SSSR count). The van der Waals surface area contributed by atoms with E-state index < -0.39 is 0 Å². The zero-order valence-electron chi connectivity index (χ0n) is 16.2. The zero-order chi connectivity index (χ0) is 17.0. The van der Waals surface area contributed by atoms with E-state index in [1.807, 2.05) is 0 Å². The first-order valence-electron chi connectivity index (χ1n) is 10.6. The van der Waals surface area contributed by atoms with Crippen molar-refractivity contribution in [2.24, 2.45) is 23.7 Å². The molecule has 0 bridgehead atoms. The Kier molecular flexibility index (Phi) is 9.80. The van der Waals surface area contributed by atoms with Crippen molar-refractivity contribution in [3.8, 4) is 0 Å². The average molecular weight is 333 g/mol. The molecule has 0 saturated heterocycles. The van der Waals surface area contributed by atoms with E-state index in [4.69, 9.17) is 4.74 Å². The molecule has 1 heteroatoms. The molecule has 0 atom stereocenters. The summed E-state index contributed by atoms with van der Waals surface area (Å²) in [6, 6.07) is 0. The Hall–Kier alpha value is -0.560. The van der Waals surface area contributed by atoms with Crippen LogP contribution in [0.4, 0.5) is 0 Å². The van der Waals surface area contributed by atoms with Crippen molar-refractivity contribution in [3.63, 3.8) is 0 Å². The summed E-state index contributed by atoms with van der Waals surface area (Å²) < 4.78 is 5.77. The van der Waals surface area contributed by atoms with Gasteiger partial charge >= 0.3 is 0 Å². The lowest BCUT2D eigenvalue weighted by Gasteiger charge is -2.38. The van der Waals surface area contributed by atoms with Crippen LogP contribution in [0.5, 0.6) is 0 Å². The van der Waals surface area contributed by atoms with Crippen molar-refractivity contribution in [1.82, 2.24) is 0 Å². The number of hydrogen-bond acceptors (Lipinski definition) is 1. The van der Waals surface area contributed by atoms with Crippen molar-refractivity contribution >= 4 is 0 Å². The van der Waals surface area contributed by atoms with Crippen LogP contribution < -0.4 is 0 Å². The number of ether oxygens (including phenoxy) is 1. The molecule has 2 saturated carbocycles. The van der Waals surface area contributed by atoms with Crippen molar-refractivity contribution < 1.29 is 4.74 Å². The Bertz CT molecular complexity index is 318. The molecule has 2 aliphatic rings. The summed E-state index contributed by atoms with van der Waals surface area (Å²) in [5.41, 5.74) is 0. The van der Waals surface area contributed by atoms with E-state index >= 15 is 0 Å². The molecule has 2 fully saturated rings. The van der Waals surface area contributed by atoms with Crippen LogP contribution in [-0.2, 0) is 4.74 Å². The van der Waals surface area contributed by atoms with Crippen LogP contribution in [0.3, 0.4) is 0 Å². The summed E-state index contributed by atoms with van der Waals surface area (Å²) in [6.45, 7) is 5.98. The van der Waals surface area contributed by atoms with Gasteiger partial charge in [0.15, 0.2) is 0 Å². The maximum atomic E-state index is 5.77. The van der Waals surface area contributed by atoms with Crippen LogP contribution in [0.2, 0.25) is 0 Å². The van der Waals surface area contributed by atoms with Crippen LogP contribution >= 0.6 is 0 Å². The second kappa shape index (κ2) is 11.9. The van der Waals surface area contributed by atoms with Gasteiger partial charge in [0.25, 0.3) is 0 Å². The fourth-order valence-corrected chi connectivity index (χ4v) is 4.86. The first kappa shape index (κ1) is 19.8. The van der Waals surface area contributed by atoms with E-state index in [0.717, 1.165) is 36.9 Å². The molecule has 24 heavy (non-hydrogen) atoms. The highest BCUT2D eigenvalue weighted by molar-refractivity contribution is 4.83. The van der Waals surface area contributed by atoms with Gasteiger partial charge in [-0.2, -0.15) is 0 Å². The third-order valence-electron chi connectivity index (χ3n) is 6.47. The van der Waals surface area contributed by atoms with Crippen LogP contribution in [0.15, 0.2) is 24.3 Å². The van der Waals surface area contributed by atoms with Crippen molar-refractivity contribution in [1.29, 1.82) is 0 Å². The Morgan fingerprint density at radius 3 is 1.92 bits per heavy atom. The predicted octanol–water partition coefficient (Wildman–Crippen LogP) is 6.94. The monoisotopic (exact) mass is 332 g/mol. The summed E-state index contributed by atoms with van der Waals surface area (Å²) in [6.07, 6.45) is 24.7. The normalized spacial score (nSPS) is 31.9. The van der Waals surface area contributed by atoms with Gasteiger partial charge in [-0.3, -0.25) is 0 Å². The molecule has 0 unspecified atom stereocenters. The second-order valence-corrected chi connectivity index (χ2v) is 8.17. The Morgan fingerprint density at radius 2 is 1.33 bits per heavy atom. The van der Waals surface area contributed by atoms with Crippen LogP contribution in [0, 0.1) is 23.7 Å². The van der Waals surface area contributed by atoms with Gasteiger partial charge in [-0.25, -0.2) is 0 Å². The fourth-order valence-electron chi connectivity index (χ4n) is 4.86. The van der Waals surface area contributed by atoms with Crippen molar-refractivity contribution in [3.05, 3.63) is 24.3 Å². The highest BCUT2D eigenvalue weighted by Gasteiger charge is 2.30. The van der Waals surface area contributed by atoms with Crippen LogP contribution in [-0.4, -0.2) is 13.2 Å². The van der Waals surface area contributed by atoms with Crippen molar-refractivity contribution in [2.75, 3.05) is 13.2 Å². The van der Waals surface area contributed by atoms with Gasteiger partial charge in [0.2, 0.25) is 0 Å². The maximum Gasteiger partial charge on any atom is 0.0647 e. The number of unbranched alkanes of at least 4 members (excludes halogenated alkanes) is 1. The van der Waals surface area contributed by atoms with Gasteiger partial charge in [-0.05, 0) is 88.9 Å². The quantitative estimate of drug-likeness (QED) is 0.328. The minimum Gasteiger partial charge on any atom is -0.377 e. The molecule has 138 valence electrons. The molecule has 0 aliphatic heterocycles. The van der Waals surface area contributed by atoms with Gasteiger partial charge in [-0.15, -0.1) is 0 Å². The van der Waals surface area contributed by atoms with Gasteiger partial charge in [-0.1, -0.05) is 43.6 Å². The molecule has 0 heterocycles. The van der Waals surface area contributed by atoms with Gasteiger partial charge < -0.3 is 4.74 Å². The Balaban J connectivity index is 1.57. The summed E-state index contributed by atoms with van der Waals surface area (Å²) in [7, 11) is 0. The lowest BCUT2D eigenvalue weighted by atomic mass is 9.69. The largest absolute Gasteiger partial charge is 0.377 e. The average Bonchev–Trinajstić information content (AvgIpc) is 2.64. The predicted molar refractivity (Wildman–Crippen MR) is 105 cm³/mol. The topological polar surface area (TPSA) is 9.23 Å². The third-order valence-corrected chi connectivity index (χ3v) is 6.47. The van der Waals surface area contributed by atoms with E-state index in [1.165, 1.54) is 70.6 Å².